The Labute approximate surface area is 95.2 Å². The molecule has 0 unspecified atom stereocenters. The van der Waals surface area contributed by atoms with Crippen LogP contribution in [0.5, 0.6) is 0 Å². The van der Waals surface area contributed by atoms with Crippen LogP contribution >= 0.6 is 23.4 Å². The van der Waals surface area contributed by atoms with Gasteiger partial charge in [-0.25, -0.2) is 0 Å². The second-order valence-electron chi connectivity index (χ2n) is 2.95. The fraction of sp³-hybridized carbons (Fsp3) is 0.455. The number of thioether (sulfide) groups is 1. The zero-order valence-electron chi connectivity index (χ0n) is 8.42. The molecule has 1 aromatic carbocycles. The third-order valence-electron chi connectivity index (χ3n) is 1.89. The Morgan fingerprint density at radius 2 is 2.00 bits per heavy atom. The highest BCUT2D eigenvalue weighted by molar-refractivity contribution is 7.99. The Morgan fingerprint density at radius 1 is 1.29 bits per heavy atom. The molecule has 0 bridgehead atoms. The summed E-state index contributed by atoms with van der Waals surface area (Å²) in [5.41, 5.74) is 2.34. The van der Waals surface area contributed by atoms with E-state index < -0.39 is 0 Å². The summed E-state index contributed by atoms with van der Waals surface area (Å²) in [6, 6.07) is 8.27. The topological polar surface area (TPSA) is 12.0 Å². The highest BCUT2D eigenvalue weighted by atomic mass is 35.5. The minimum absolute atomic E-state index is 0.589. The first-order chi connectivity index (χ1) is 6.86. The van der Waals surface area contributed by atoms with E-state index in [2.05, 4.69) is 36.5 Å². The van der Waals surface area contributed by atoms with E-state index in [9.17, 15) is 0 Å². The number of alkyl halides is 1. The number of halogens is 1. The van der Waals surface area contributed by atoms with Crippen molar-refractivity contribution in [3.8, 4) is 0 Å². The average molecular weight is 230 g/mol. The quantitative estimate of drug-likeness (QED) is 0.591. The Kier molecular flexibility index (Phi) is 5.88. The van der Waals surface area contributed by atoms with Crippen LogP contribution in [0.2, 0.25) is 0 Å². The van der Waals surface area contributed by atoms with Crippen molar-refractivity contribution in [3.05, 3.63) is 29.8 Å². The van der Waals surface area contributed by atoms with Crippen LogP contribution in [0, 0.1) is 0 Å². The van der Waals surface area contributed by atoms with Crippen molar-refractivity contribution >= 4 is 29.1 Å². The van der Waals surface area contributed by atoms with E-state index in [0.717, 1.165) is 12.3 Å². The fourth-order valence-electron chi connectivity index (χ4n) is 1.12. The lowest BCUT2D eigenvalue weighted by atomic mass is 10.2. The predicted octanol–water partition coefficient (Wildman–Crippen LogP) is 3.59. The van der Waals surface area contributed by atoms with Crippen LogP contribution in [0.1, 0.15) is 12.5 Å². The molecule has 1 nitrogen and oxygen atoms in total. The molecule has 0 aliphatic rings. The van der Waals surface area contributed by atoms with E-state index in [1.807, 2.05) is 11.8 Å². The molecule has 0 atom stereocenters. The van der Waals surface area contributed by atoms with Crippen LogP contribution in [0.3, 0.4) is 0 Å². The van der Waals surface area contributed by atoms with Crippen molar-refractivity contribution in [2.24, 2.45) is 0 Å². The zero-order valence-corrected chi connectivity index (χ0v) is 10.00. The lowest BCUT2D eigenvalue weighted by Crippen LogP contribution is -2.03. The molecule has 0 heterocycles. The Bertz CT molecular complexity index is 248. The van der Waals surface area contributed by atoms with E-state index in [4.69, 9.17) is 11.6 Å². The molecule has 14 heavy (non-hydrogen) atoms. The first-order valence-electron chi connectivity index (χ1n) is 4.83. The smallest absolute Gasteiger partial charge is 0.0474 e. The van der Waals surface area contributed by atoms with Gasteiger partial charge in [-0.2, -0.15) is 11.8 Å². The molecule has 3 heteroatoms. The van der Waals surface area contributed by atoms with Gasteiger partial charge in [0, 0.05) is 23.9 Å². The van der Waals surface area contributed by atoms with Gasteiger partial charge in [0.25, 0.3) is 0 Å². The van der Waals surface area contributed by atoms with E-state index in [1.54, 1.807) is 0 Å². The monoisotopic (exact) mass is 229 g/mol. The van der Waals surface area contributed by atoms with Crippen molar-refractivity contribution in [1.29, 1.82) is 0 Å². The van der Waals surface area contributed by atoms with Gasteiger partial charge in [0.15, 0.2) is 0 Å². The molecule has 78 valence electrons. The van der Waals surface area contributed by atoms with Crippen molar-refractivity contribution in [2.45, 2.75) is 12.8 Å². The number of rotatable bonds is 6. The zero-order chi connectivity index (χ0) is 10.2. The summed E-state index contributed by atoms with van der Waals surface area (Å²) in [5.74, 6) is 2.94. The maximum Gasteiger partial charge on any atom is 0.0474 e. The maximum atomic E-state index is 5.70. The molecule has 0 aliphatic carbocycles. The van der Waals surface area contributed by atoms with Crippen LogP contribution in [0.25, 0.3) is 0 Å². The van der Waals surface area contributed by atoms with Crippen molar-refractivity contribution in [1.82, 2.24) is 0 Å². The molecule has 0 saturated heterocycles. The summed E-state index contributed by atoms with van der Waals surface area (Å²) in [6.07, 6.45) is 0. The third kappa shape index (κ3) is 4.25. The molecular weight excluding hydrogens is 214 g/mol. The first-order valence-corrected chi connectivity index (χ1v) is 6.52. The van der Waals surface area contributed by atoms with Crippen LogP contribution in [-0.2, 0) is 5.88 Å². The molecular formula is C11H16ClNS. The Morgan fingerprint density at radius 3 is 2.57 bits per heavy atom. The highest BCUT2D eigenvalue weighted by Gasteiger charge is 1.92. The fourth-order valence-corrected chi connectivity index (χ4v) is 1.84. The minimum Gasteiger partial charge on any atom is -0.384 e. The molecule has 0 aromatic heterocycles. The van der Waals surface area contributed by atoms with Crippen LogP contribution in [0.4, 0.5) is 5.69 Å². The van der Waals surface area contributed by atoms with Gasteiger partial charge < -0.3 is 5.32 Å². The molecule has 0 spiro atoms. The highest BCUT2D eigenvalue weighted by Crippen LogP contribution is 2.11. The summed E-state index contributed by atoms with van der Waals surface area (Å²) in [5, 5.41) is 3.37. The normalized spacial score (nSPS) is 10.1. The second kappa shape index (κ2) is 7.02. The number of hydrogen-bond acceptors (Lipinski definition) is 2. The number of hydrogen-bond donors (Lipinski definition) is 1. The molecule has 0 amide bonds. The predicted molar refractivity (Wildman–Crippen MR) is 67.5 cm³/mol. The van der Waals surface area contributed by atoms with Gasteiger partial charge in [-0.15, -0.1) is 11.6 Å². The summed E-state index contributed by atoms with van der Waals surface area (Å²) in [6.45, 7) is 3.21. The van der Waals surface area contributed by atoms with Crippen molar-refractivity contribution in [3.63, 3.8) is 0 Å². The molecule has 0 fully saturated rings. The van der Waals surface area contributed by atoms with Crippen LogP contribution in [0.15, 0.2) is 24.3 Å². The summed E-state index contributed by atoms with van der Waals surface area (Å²) >= 11 is 7.65. The number of anilines is 1. The van der Waals surface area contributed by atoms with Crippen molar-refractivity contribution in [2.75, 3.05) is 23.4 Å². The van der Waals surface area contributed by atoms with Gasteiger partial charge in [-0.05, 0) is 23.4 Å². The average Bonchev–Trinajstić information content (AvgIpc) is 2.25. The van der Waals surface area contributed by atoms with Gasteiger partial charge in [-0.1, -0.05) is 19.1 Å². The van der Waals surface area contributed by atoms with Gasteiger partial charge in [0.1, 0.15) is 0 Å². The molecule has 0 radical (unpaired) electrons. The third-order valence-corrected chi connectivity index (χ3v) is 3.10. The maximum absolute atomic E-state index is 5.70. The van der Waals surface area contributed by atoms with Crippen LogP contribution in [-0.4, -0.2) is 18.1 Å². The van der Waals surface area contributed by atoms with E-state index >= 15 is 0 Å². The first kappa shape index (κ1) is 11.7. The van der Waals surface area contributed by atoms with Crippen LogP contribution < -0.4 is 5.32 Å². The lowest BCUT2D eigenvalue weighted by Gasteiger charge is -2.05. The van der Waals surface area contributed by atoms with Gasteiger partial charge in [0.2, 0.25) is 0 Å². The van der Waals surface area contributed by atoms with E-state index in [0.29, 0.717) is 5.88 Å². The summed E-state index contributed by atoms with van der Waals surface area (Å²) in [7, 11) is 0. The molecule has 1 N–H and O–H groups in total. The summed E-state index contributed by atoms with van der Waals surface area (Å²) in [4.78, 5) is 0. The lowest BCUT2D eigenvalue weighted by molar-refractivity contribution is 1.22. The largest absolute Gasteiger partial charge is 0.384 e. The standard InChI is InChI=1S/C11H16ClNS/c1-2-14-8-7-13-11-5-3-10(9-12)4-6-11/h3-6,13H,2,7-9H2,1H3. The second-order valence-corrected chi connectivity index (χ2v) is 4.62. The van der Waals surface area contributed by atoms with Gasteiger partial charge in [-0.3, -0.25) is 0 Å². The molecule has 1 rings (SSSR count). The minimum atomic E-state index is 0.589. The SMILES string of the molecule is CCSCCNc1ccc(CCl)cc1. The van der Waals surface area contributed by atoms with Crippen molar-refractivity contribution < 1.29 is 0 Å². The Hall–Kier alpha value is -0.340. The molecule has 1 aromatic rings. The van der Waals surface area contributed by atoms with E-state index in [1.165, 1.54) is 17.0 Å². The molecule has 0 aliphatic heterocycles. The molecule has 0 saturated carbocycles. The van der Waals surface area contributed by atoms with E-state index in [-0.39, 0.29) is 0 Å². The van der Waals surface area contributed by atoms with Gasteiger partial charge >= 0.3 is 0 Å². The number of nitrogens with one attached hydrogen (secondary N) is 1. The van der Waals surface area contributed by atoms with Gasteiger partial charge in [0.05, 0.1) is 0 Å². The summed E-state index contributed by atoms with van der Waals surface area (Å²) < 4.78 is 0. The Balaban J connectivity index is 2.29. The number of benzene rings is 1.